The van der Waals surface area contributed by atoms with Gasteiger partial charge in [0.2, 0.25) is 0 Å². The first-order valence-corrected chi connectivity index (χ1v) is 5.66. The van der Waals surface area contributed by atoms with Crippen molar-refractivity contribution in [2.45, 2.75) is 25.9 Å². The predicted octanol–water partition coefficient (Wildman–Crippen LogP) is 1.59. The van der Waals surface area contributed by atoms with Crippen LogP contribution >= 0.6 is 7.60 Å². The molecule has 0 aromatic rings. The van der Waals surface area contributed by atoms with E-state index >= 15 is 0 Å². The van der Waals surface area contributed by atoms with Crippen molar-refractivity contribution in [3.05, 3.63) is 0 Å². The van der Waals surface area contributed by atoms with Gasteiger partial charge in [-0.1, -0.05) is 0 Å². The third-order valence-corrected chi connectivity index (χ3v) is 4.08. The largest absolute Gasteiger partial charge is 0.341 e. The number of Topliss-reactive ketones (excluding diaryl/α,β-unsaturated/α-hetero) is 1. The van der Waals surface area contributed by atoms with Crippen molar-refractivity contribution in [2.75, 3.05) is 13.2 Å². The third-order valence-electron chi connectivity index (χ3n) is 1.61. The Balaban J connectivity index is 2.59. The van der Waals surface area contributed by atoms with Crippen molar-refractivity contribution in [1.82, 2.24) is 0 Å². The first kappa shape index (κ1) is 9.90. The molecule has 0 aliphatic heterocycles. The molecule has 1 aliphatic carbocycles. The van der Waals surface area contributed by atoms with Gasteiger partial charge in [-0.25, -0.2) is 0 Å². The van der Waals surface area contributed by atoms with Gasteiger partial charge in [-0.2, -0.15) is 0 Å². The smallest absolute Gasteiger partial charge is 0.308 e. The molecule has 0 aromatic heterocycles. The zero-order valence-electron chi connectivity index (χ0n) is 7.28. The minimum atomic E-state index is -3.09. The molecule has 0 spiro atoms. The summed E-state index contributed by atoms with van der Waals surface area (Å²) in [5, 5.41) is 0. The number of carbonyl (C=O) groups is 1. The molecule has 0 amide bonds. The summed E-state index contributed by atoms with van der Waals surface area (Å²) in [6.45, 7) is 4.11. The number of hydrogen-bond donors (Lipinski definition) is 0. The van der Waals surface area contributed by atoms with Crippen LogP contribution in [0.15, 0.2) is 0 Å². The summed E-state index contributed by atoms with van der Waals surface area (Å²) in [6.07, 6.45) is 0.345. The molecule has 5 heteroatoms. The molecule has 70 valence electrons. The van der Waals surface area contributed by atoms with Crippen LogP contribution in [0, 0.1) is 0 Å². The van der Waals surface area contributed by atoms with Gasteiger partial charge in [0.15, 0.2) is 0 Å². The highest BCUT2D eigenvalue weighted by Crippen LogP contribution is 2.60. The summed E-state index contributed by atoms with van der Waals surface area (Å²) >= 11 is 0. The van der Waals surface area contributed by atoms with E-state index in [0.29, 0.717) is 19.6 Å². The van der Waals surface area contributed by atoms with Gasteiger partial charge in [0, 0.05) is 6.42 Å². The summed E-state index contributed by atoms with van der Waals surface area (Å²) in [4.78, 5) is 10.8. The summed E-state index contributed by atoms with van der Waals surface area (Å²) in [7, 11) is -3.09. The predicted molar refractivity (Wildman–Crippen MR) is 44.3 cm³/mol. The maximum atomic E-state index is 11.7. The Morgan fingerprint density at radius 2 is 1.83 bits per heavy atom. The Hall–Kier alpha value is -0.180. The summed E-state index contributed by atoms with van der Waals surface area (Å²) in [5.41, 5.74) is -0.475. The van der Waals surface area contributed by atoms with Crippen molar-refractivity contribution < 1.29 is 18.4 Å². The van der Waals surface area contributed by atoms with Crippen LogP contribution in [0.4, 0.5) is 0 Å². The van der Waals surface area contributed by atoms with Gasteiger partial charge < -0.3 is 9.05 Å². The lowest BCUT2D eigenvalue weighted by atomic mass is 10.9. The highest BCUT2D eigenvalue weighted by atomic mass is 31.2. The fraction of sp³-hybridized carbons (Fsp3) is 0.857. The van der Waals surface area contributed by atoms with Crippen LogP contribution in [0.1, 0.15) is 20.3 Å². The standard InChI is InChI=1S/C7H13O4P/c1-3-10-12(9,11-4-2)7-5-6(7)8/h7H,3-5H2,1-2H3. The fourth-order valence-corrected chi connectivity index (χ4v) is 2.91. The second-order valence-electron chi connectivity index (χ2n) is 2.56. The van der Waals surface area contributed by atoms with Gasteiger partial charge in [-0.05, 0) is 13.8 Å². The Morgan fingerprint density at radius 1 is 1.42 bits per heavy atom. The van der Waals surface area contributed by atoms with Crippen molar-refractivity contribution >= 4 is 13.4 Å². The zero-order chi connectivity index (χ0) is 9.19. The van der Waals surface area contributed by atoms with E-state index in [1.54, 1.807) is 13.8 Å². The topological polar surface area (TPSA) is 52.6 Å². The van der Waals surface area contributed by atoms with Crippen molar-refractivity contribution in [3.8, 4) is 0 Å². The third kappa shape index (κ3) is 1.94. The first-order valence-electron chi connectivity index (χ1n) is 4.05. The van der Waals surface area contributed by atoms with Crippen LogP contribution in [-0.4, -0.2) is 24.7 Å². The van der Waals surface area contributed by atoms with Crippen molar-refractivity contribution in [2.24, 2.45) is 0 Å². The van der Waals surface area contributed by atoms with Gasteiger partial charge in [0.05, 0.1) is 13.2 Å². The summed E-state index contributed by atoms with van der Waals surface area (Å²) in [6, 6.07) is 0. The van der Waals surface area contributed by atoms with E-state index in [1.165, 1.54) is 0 Å². The number of hydrogen-bond acceptors (Lipinski definition) is 4. The van der Waals surface area contributed by atoms with Crippen LogP contribution in [0.25, 0.3) is 0 Å². The SMILES string of the molecule is CCOP(=O)(OCC)C1CC1=O. The molecule has 12 heavy (non-hydrogen) atoms. The maximum Gasteiger partial charge on any atom is 0.341 e. The minimum Gasteiger partial charge on any atom is -0.308 e. The molecule has 1 rings (SSSR count). The van der Waals surface area contributed by atoms with E-state index in [9.17, 15) is 9.36 Å². The van der Waals surface area contributed by atoms with Gasteiger partial charge in [0.25, 0.3) is 0 Å². The van der Waals surface area contributed by atoms with Crippen LogP contribution in [0.2, 0.25) is 0 Å². The van der Waals surface area contributed by atoms with E-state index in [0.717, 1.165) is 0 Å². The molecule has 1 aliphatic rings. The summed E-state index contributed by atoms with van der Waals surface area (Å²) in [5.74, 6) is -0.0137. The van der Waals surface area contributed by atoms with E-state index in [2.05, 4.69) is 0 Å². The van der Waals surface area contributed by atoms with Crippen LogP contribution in [-0.2, 0) is 18.4 Å². The normalized spacial score (nSPS) is 22.8. The molecular formula is C7H13O4P. The monoisotopic (exact) mass is 192 g/mol. The van der Waals surface area contributed by atoms with E-state index in [1.807, 2.05) is 0 Å². The van der Waals surface area contributed by atoms with Crippen LogP contribution < -0.4 is 0 Å². The van der Waals surface area contributed by atoms with Crippen molar-refractivity contribution in [3.63, 3.8) is 0 Å². The van der Waals surface area contributed by atoms with Gasteiger partial charge in [-0.3, -0.25) is 9.36 Å². The molecule has 4 nitrogen and oxygen atoms in total. The maximum absolute atomic E-state index is 11.7. The number of ketones is 1. The van der Waals surface area contributed by atoms with Gasteiger partial charge >= 0.3 is 7.60 Å². The molecule has 1 saturated carbocycles. The molecule has 0 aromatic carbocycles. The minimum absolute atomic E-state index is 0.0137. The Kier molecular flexibility index (Phi) is 3.04. The molecule has 0 N–H and O–H groups in total. The lowest BCUT2D eigenvalue weighted by Crippen LogP contribution is -2.01. The Labute approximate surface area is 71.8 Å². The van der Waals surface area contributed by atoms with Crippen LogP contribution in [0.5, 0.6) is 0 Å². The molecule has 0 saturated heterocycles. The molecule has 0 heterocycles. The number of carbonyl (C=O) groups excluding carboxylic acids is 1. The van der Waals surface area contributed by atoms with Gasteiger partial charge in [0.1, 0.15) is 11.4 Å². The second kappa shape index (κ2) is 3.69. The lowest BCUT2D eigenvalue weighted by molar-refractivity contribution is -0.109. The summed E-state index contributed by atoms with van der Waals surface area (Å²) < 4.78 is 21.7. The molecule has 1 unspecified atom stereocenters. The van der Waals surface area contributed by atoms with Crippen molar-refractivity contribution in [1.29, 1.82) is 0 Å². The molecule has 0 bridgehead atoms. The average Bonchev–Trinajstić information content (AvgIpc) is 2.68. The molecule has 0 radical (unpaired) electrons. The lowest BCUT2D eigenvalue weighted by Gasteiger charge is -2.14. The number of rotatable bonds is 5. The molecule has 1 atom stereocenters. The second-order valence-corrected chi connectivity index (χ2v) is 4.78. The molecule has 1 fully saturated rings. The van der Waals surface area contributed by atoms with Crippen LogP contribution in [0.3, 0.4) is 0 Å². The van der Waals surface area contributed by atoms with E-state index < -0.39 is 13.3 Å². The first-order chi connectivity index (χ1) is 5.64. The Morgan fingerprint density at radius 3 is 2.08 bits per heavy atom. The zero-order valence-corrected chi connectivity index (χ0v) is 8.17. The highest BCUT2D eigenvalue weighted by molar-refractivity contribution is 7.56. The quantitative estimate of drug-likeness (QED) is 0.620. The van der Waals surface area contributed by atoms with Gasteiger partial charge in [-0.15, -0.1) is 0 Å². The van der Waals surface area contributed by atoms with E-state index in [-0.39, 0.29) is 5.78 Å². The van der Waals surface area contributed by atoms with E-state index in [4.69, 9.17) is 9.05 Å². The Bertz CT molecular complexity index is 215. The average molecular weight is 192 g/mol. The highest BCUT2D eigenvalue weighted by Gasteiger charge is 2.52. The fourth-order valence-electron chi connectivity index (χ4n) is 0.997. The molecular weight excluding hydrogens is 179 g/mol.